The lowest BCUT2D eigenvalue weighted by Crippen LogP contribution is -1.97. The molecule has 1 heterocycles. The van der Waals surface area contributed by atoms with Crippen LogP contribution >= 0.6 is 0 Å². The lowest BCUT2D eigenvalue weighted by atomic mass is 10.1. The number of rotatable bonds is 2. The lowest BCUT2D eigenvalue weighted by Gasteiger charge is -2.03. The van der Waals surface area contributed by atoms with E-state index in [2.05, 4.69) is 9.97 Å². The number of fused-ring (bicyclic) bond motifs is 1. The van der Waals surface area contributed by atoms with Gasteiger partial charge in [-0.3, -0.25) is 0 Å². The Hall–Kier alpha value is -2.34. The molecule has 0 fully saturated rings. The molecule has 1 aromatic heterocycles. The first-order chi connectivity index (χ1) is 9.86. The Labute approximate surface area is 122 Å². The van der Waals surface area contributed by atoms with Gasteiger partial charge in [-0.25, -0.2) is 13.4 Å². The van der Waals surface area contributed by atoms with Gasteiger partial charge in [-0.2, -0.15) is 0 Å². The molecule has 2 aromatic carbocycles. The van der Waals surface area contributed by atoms with Crippen molar-refractivity contribution < 1.29 is 8.42 Å². The van der Waals surface area contributed by atoms with Crippen molar-refractivity contribution in [3.05, 3.63) is 42.0 Å². The van der Waals surface area contributed by atoms with E-state index in [1.807, 2.05) is 25.1 Å². The van der Waals surface area contributed by atoms with Crippen molar-refractivity contribution in [1.82, 2.24) is 9.97 Å². The van der Waals surface area contributed by atoms with Crippen molar-refractivity contribution in [2.24, 2.45) is 0 Å². The molecular formula is C15H15N3O2S. The van der Waals surface area contributed by atoms with Gasteiger partial charge in [-0.1, -0.05) is 17.7 Å². The molecule has 0 amide bonds. The topological polar surface area (TPSA) is 88.8 Å². The van der Waals surface area contributed by atoms with E-state index >= 15 is 0 Å². The predicted octanol–water partition coefficient (Wildman–Crippen LogP) is 2.52. The number of nitrogen functional groups attached to an aromatic ring is 1. The normalized spacial score (nSPS) is 11.9. The molecule has 0 bridgehead atoms. The molecule has 108 valence electrons. The number of sulfone groups is 1. The fourth-order valence-corrected chi connectivity index (χ4v) is 3.14. The first kappa shape index (κ1) is 13.6. The molecule has 21 heavy (non-hydrogen) atoms. The van der Waals surface area contributed by atoms with E-state index in [0.717, 1.165) is 11.1 Å². The fraction of sp³-hybridized carbons (Fsp3) is 0.133. The third kappa shape index (κ3) is 2.38. The van der Waals surface area contributed by atoms with E-state index < -0.39 is 9.84 Å². The maximum Gasteiger partial charge on any atom is 0.177 e. The summed E-state index contributed by atoms with van der Waals surface area (Å²) in [6.45, 7) is 1.97. The zero-order valence-electron chi connectivity index (χ0n) is 11.7. The van der Waals surface area contributed by atoms with E-state index in [1.165, 1.54) is 6.26 Å². The molecular weight excluding hydrogens is 286 g/mol. The average molecular weight is 301 g/mol. The van der Waals surface area contributed by atoms with Crippen LogP contribution in [0.5, 0.6) is 0 Å². The highest BCUT2D eigenvalue weighted by molar-refractivity contribution is 7.91. The highest BCUT2D eigenvalue weighted by atomic mass is 32.2. The summed E-state index contributed by atoms with van der Waals surface area (Å²) in [6.07, 6.45) is 1.18. The number of benzene rings is 2. The lowest BCUT2D eigenvalue weighted by molar-refractivity contribution is 0.602. The number of hydrogen-bond acceptors (Lipinski definition) is 4. The van der Waals surface area contributed by atoms with Gasteiger partial charge in [-0.05, 0) is 31.2 Å². The van der Waals surface area contributed by atoms with Crippen molar-refractivity contribution in [2.75, 3.05) is 12.0 Å². The largest absolute Gasteiger partial charge is 0.398 e. The molecule has 0 atom stereocenters. The van der Waals surface area contributed by atoms with Crippen LogP contribution in [0.25, 0.3) is 22.4 Å². The van der Waals surface area contributed by atoms with E-state index in [9.17, 15) is 8.42 Å². The van der Waals surface area contributed by atoms with Crippen molar-refractivity contribution in [3.8, 4) is 11.4 Å². The minimum absolute atomic E-state index is 0.216. The molecule has 0 spiro atoms. The van der Waals surface area contributed by atoms with Crippen LogP contribution in [0.15, 0.2) is 41.3 Å². The summed E-state index contributed by atoms with van der Waals surface area (Å²) in [5, 5.41) is 0. The van der Waals surface area contributed by atoms with Gasteiger partial charge in [0.15, 0.2) is 9.84 Å². The number of aromatic amines is 1. The van der Waals surface area contributed by atoms with Crippen LogP contribution in [0.4, 0.5) is 5.69 Å². The molecule has 0 saturated heterocycles. The summed E-state index contributed by atoms with van der Waals surface area (Å²) in [4.78, 5) is 7.79. The molecule has 0 aliphatic heterocycles. The maximum absolute atomic E-state index is 11.8. The van der Waals surface area contributed by atoms with Crippen LogP contribution in [0.3, 0.4) is 0 Å². The van der Waals surface area contributed by atoms with Gasteiger partial charge in [0.05, 0.1) is 10.4 Å². The molecule has 6 heteroatoms. The second kappa shape index (κ2) is 4.60. The number of aromatic nitrogens is 2. The molecule has 5 nitrogen and oxygen atoms in total. The van der Waals surface area contributed by atoms with Crippen LogP contribution in [0.2, 0.25) is 0 Å². The molecule has 3 rings (SSSR count). The Morgan fingerprint density at radius 1 is 1.19 bits per heavy atom. The summed E-state index contributed by atoms with van der Waals surface area (Å²) >= 11 is 0. The van der Waals surface area contributed by atoms with E-state index in [4.69, 9.17) is 5.73 Å². The summed E-state index contributed by atoms with van der Waals surface area (Å²) in [5.74, 6) is 0.572. The van der Waals surface area contributed by atoms with Gasteiger partial charge in [0.25, 0.3) is 0 Å². The van der Waals surface area contributed by atoms with Crippen molar-refractivity contribution in [3.63, 3.8) is 0 Å². The minimum atomic E-state index is -3.33. The number of nitrogens with zero attached hydrogens (tertiary/aromatic N) is 1. The Morgan fingerprint density at radius 3 is 2.67 bits per heavy atom. The number of aryl methyl sites for hydroxylation is 1. The summed E-state index contributed by atoms with van der Waals surface area (Å²) < 4.78 is 23.7. The number of H-pyrrole nitrogens is 1. The van der Waals surface area contributed by atoms with Crippen LogP contribution in [0.1, 0.15) is 5.56 Å². The second-order valence-electron chi connectivity index (χ2n) is 5.10. The third-order valence-electron chi connectivity index (χ3n) is 3.34. The van der Waals surface area contributed by atoms with Crippen LogP contribution in [-0.2, 0) is 9.84 Å². The van der Waals surface area contributed by atoms with Crippen molar-refractivity contribution >= 4 is 26.6 Å². The Kier molecular flexibility index (Phi) is 2.98. The van der Waals surface area contributed by atoms with Gasteiger partial charge in [0, 0.05) is 17.5 Å². The van der Waals surface area contributed by atoms with E-state index in [1.54, 1.807) is 18.2 Å². The quantitative estimate of drug-likeness (QED) is 0.712. The Balaban J connectivity index is 2.30. The monoisotopic (exact) mass is 301 g/mol. The van der Waals surface area contributed by atoms with Crippen molar-refractivity contribution in [2.45, 2.75) is 11.8 Å². The second-order valence-corrected chi connectivity index (χ2v) is 7.08. The van der Waals surface area contributed by atoms with Gasteiger partial charge in [0.2, 0.25) is 0 Å². The third-order valence-corrected chi connectivity index (χ3v) is 4.47. The molecule has 0 aliphatic carbocycles. The summed E-state index contributed by atoms with van der Waals surface area (Å²) in [7, 11) is -3.33. The Bertz CT molecular complexity index is 943. The SMILES string of the molecule is Cc1ccc(N)c(-c2nc3c(S(C)(=O)=O)cccc3[nH]2)c1. The van der Waals surface area contributed by atoms with Crippen molar-refractivity contribution in [1.29, 1.82) is 0 Å². The minimum Gasteiger partial charge on any atom is -0.398 e. The predicted molar refractivity (Wildman–Crippen MR) is 83.8 cm³/mol. The smallest absolute Gasteiger partial charge is 0.177 e. The molecule has 0 aliphatic rings. The number of imidazole rings is 1. The first-order valence-electron chi connectivity index (χ1n) is 6.41. The zero-order chi connectivity index (χ0) is 15.2. The first-order valence-corrected chi connectivity index (χ1v) is 8.31. The number of nitrogens with two attached hydrogens (primary N) is 1. The number of para-hydroxylation sites is 1. The van der Waals surface area contributed by atoms with Crippen LogP contribution < -0.4 is 5.73 Å². The van der Waals surface area contributed by atoms with E-state index in [0.29, 0.717) is 22.5 Å². The van der Waals surface area contributed by atoms with Gasteiger partial charge >= 0.3 is 0 Å². The van der Waals surface area contributed by atoms with Gasteiger partial charge in [-0.15, -0.1) is 0 Å². The van der Waals surface area contributed by atoms with Gasteiger partial charge in [0.1, 0.15) is 11.3 Å². The molecule has 0 unspecified atom stereocenters. The number of nitrogens with one attached hydrogen (secondary N) is 1. The highest BCUT2D eigenvalue weighted by Crippen LogP contribution is 2.29. The van der Waals surface area contributed by atoms with Crippen LogP contribution in [0, 0.1) is 6.92 Å². The van der Waals surface area contributed by atoms with E-state index in [-0.39, 0.29) is 4.90 Å². The summed E-state index contributed by atoms with van der Waals surface area (Å²) in [6, 6.07) is 10.7. The molecule has 3 N–H and O–H groups in total. The number of anilines is 1. The average Bonchev–Trinajstić information content (AvgIpc) is 2.83. The molecule has 0 radical (unpaired) electrons. The van der Waals surface area contributed by atoms with Gasteiger partial charge < -0.3 is 10.7 Å². The van der Waals surface area contributed by atoms with Crippen LogP contribution in [-0.4, -0.2) is 24.6 Å². The molecule has 0 saturated carbocycles. The molecule has 3 aromatic rings. The maximum atomic E-state index is 11.8. The summed E-state index contributed by atoms with van der Waals surface area (Å²) in [5.41, 5.74) is 9.53. The fourth-order valence-electron chi connectivity index (χ4n) is 2.31. The Morgan fingerprint density at radius 2 is 1.95 bits per heavy atom. The highest BCUT2D eigenvalue weighted by Gasteiger charge is 2.16. The zero-order valence-corrected chi connectivity index (χ0v) is 12.5. The number of hydrogen-bond donors (Lipinski definition) is 2. The standard InChI is InChI=1S/C15H15N3O2S/c1-9-6-7-11(16)10(8-9)15-17-12-4-3-5-13(14(12)18-15)21(2,19)20/h3-8H,16H2,1-2H3,(H,17,18).